The number of hydrogen-bond donors (Lipinski definition) is 0. The molecule has 0 N–H and O–H groups in total. The fourth-order valence-electron chi connectivity index (χ4n) is 3.38. The third-order valence-electron chi connectivity index (χ3n) is 4.70. The molecular formula is C21H18N4O4. The van der Waals surface area contributed by atoms with Crippen molar-refractivity contribution in [2.75, 3.05) is 7.11 Å². The number of nitro benzene ring substituents is 1. The summed E-state index contributed by atoms with van der Waals surface area (Å²) in [6.45, 7) is 1.69. The Hall–Kier alpha value is -3.94. The summed E-state index contributed by atoms with van der Waals surface area (Å²) in [4.78, 5) is 19.5. The van der Waals surface area contributed by atoms with Gasteiger partial charge in [-0.3, -0.25) is 15.1 Å². The predicted octanol–water partition coefficient (Wildman–Crippen LogP) is 4.65. The van der Waals surface area contributed by atoms with E-state index in [-0.39, 0.29) is 10.6 Å². The third kappa shape index (κ3) is 3.25. The van der Waals surface area contributed by atoms with Gasteiger partial charge in [0.15, 0.2) is 0 Å². The molecule has 0 bridgehead atoms. The highest BCUT2D eigenvalue weighted by atomic mass is 16.6. The zero-order chi connectivity index (χ0) is 20.5. The Morgan fingerprint density at radius 1 is 1.17 bits per heavy atom. The molecule has 0 unspecified atom stereocenters. The van der Waals surface area contributed by atoms with Crippen LogP contribution in [0.15, 0.2) is 55.1 Å². The highest BCUT2D eigenvalue weighted by molar-refractivity contribution is 6.00. The molecule has 8 heteroatoms. The Labute approximate surface area is 166 Å². The van der Waals surface area contributed by atoms with Gasteiger partial charge in [-0.25, -0.2) is 4.98 Å². The van der Waals surface area contributed by atoms with E-state index < -0.39 is 0 Å². The van der Waals surface area contributed by atoms with Crippen molar-refractivity contribution in [3.63, 3.8) is 0 Å². The predicted molar refractivity (Wildman–Crippen MR) is 108 cm³/mol. The van der Waals surface area contributed by atoms with Gasteiger partial charge in [-0.2, -0.15) is 0 Å². The van der Waals surface area contributed by atoms with Crippen molar-refractivity contribution in [2.45, 2.75) is 6.92 Å². The summed E-state index contributed by atoms with van der Waals surface area (Å²) in [7, 11) is 3.43. The number of rotatable bonds is 5. The zero-order valence-electron chi connectivity index (χ0n) is 16.1. The summed E-state index contributed by atoms with van der Waals surface area (Å²) in [6, 6.07) is 8.62. The van der Waals surface area contributed by atoms with Gasteiger partial charge in [0, 0.05) is 53.8 Å². The van der Waals surface area contributed by atoms with Gasteiger partial charge < -0.3 is 14.0 Å². The Bertz CT molecular complexity index is 1220. The lowest BCUT2D eigenvalue weighted by Gasteiger charge is -2.12. The molecule has 0 atom stereocenters. The minimum atomic E-state index is -0.389. The van der Waals surface area contributed by atoms with Crippen LogP contribution in [0.5, 0.6) is 17.4 Å². The van der Waals surface area contributed by atoms with E-state index in [4.69, 9.17) is 9.47 Å². The number of aromatic nitrogens is 3. The number of nitrogens with zero attached hydrogens (tertiary/aromatic N) is 4. The monoisotopic (exact) mass is 390 g/mol. The van der Waals surface area contributed by atoms with Crippen molar-refractivity contribution in [2.24, 2.45) is 7.05 Å². The maximum absolute atomic E-state index is 11.6. The highest BCUT2D eigenvalue weighted by Crippen LogP contribution is 2.42. The maximum atomic E-state index is 11.6. The molecule has 29 heavy (non-hydrogen) atoms. The van der Waals surface area contributed by atoms with E-state index in [0.717, 1.165) is 16.5 Å². The van der Waals surface area contributed by atoms with Gasteiger partial charge in [0.2, 0.25) is 5.88 Å². The van der Waals surface area contributed by atoms with Crippen LogP contribution in [-0.4, -0.2) is 26.6 Å². The molecule has 0 aliphatic heterocycles. The van der Waals surface area contributed by atoms with Crippen LogP contribution in [0.3, 0.4) is 0 Å². The van der Waals surface area contributed by atoms with Crippen LogP contribution in [0.2, 0.25) is 0 Å². The Morgan fingerprint density at radius 2 is 2.00 bits per heavy atom. The molecule has 3 heterocycles. The van der Waals surface area contributed by atoms with Crippen molar-refractivity contribution in [3.8, 4) is 28.5 Å². The zero-order valence-corrected chi connectivity index (χ0v) is 16.1. The second-order valence-electron chi connectivity index (χ2n) is 6.55. The first-order valence-electron chi connectivity index (χ1n) is 8.85. The molecule has 0 fully saturated rings. The molecule has 4 rings (SSSR count). The number of aryl methyl sites for hydroxylation is 2. The minimum absolute atomic E-state index is 0.0246. The standard InChI is InChI=1S/C21H18N4O4/c1-13-9-19(29-14-5-4-7-22-11-14)16(10-18(13)25(26)27)17-12-24(2)20-15(17)6-8-23-21(20)28-3/h4-12H,1-3H3. The number of hydrogen-bond acceptors (Lipinski definition) is 6. The van der Waals surface area contributed by atoms with Crippen LogP contribution in [0.4, 0.5) is 5.69 Å². The van der Waals surface area contributed by atoms with Gasteiger partial charge >= 0.3 is 0 Å². The van der Waals surface area contributed by atoms with E-state index in [1.54, 1.807) is 56.9 Å². The topological polar surface area (TPSA) is 92.3 Å². The number of methoxy groups -OCH3 is 1. The lowest BCUT2D eigenvalue weighted by atomic mass is 10.0. The lowest BCUT2D eigenvalue weighted by Crippen LogP contribution is -1.96. The number of benzene rings is 1. The van der Waals surface area contributed by atoms with E-state index in [1.807, 2.05) is 23.9 Å². The molecule has 0 aliphatic rings. The third-order valence-corrected chi connectivity index (χ3v) is 4.70. The van der Waals surface area contributed by atoms with Crippen LogP contribution >= 0.6 is 0 Å². The fraction of sp³-hybridized carbons (Fsp3) is 0.143. The van der Waals surface area contributed by atoms with E-state index in [1.165, 1.54) is 0 Å². The molecule has 0 spiro atoms. The Kier molecular flexibility index (Phi) is 4.59. The highest BCUT2D eigenvalue weighted by Gasteiger charge is 2.22. The maximum Gasteiger partial charge on any atom is 0.273 e. The SMILES string of the molecule is COc1nccc2c(-c3cc([N+](=O)[O-])c(C)cc3Oc3cccnc3)cn(C)c12. The molecule has 1 aromatic carbocycles. The Balaban J connectivity index is 1.98. The van der Waals surface area contributed by atoms with E-state index in [2.05, 4.69) is 9.97 Å². The number of ether oxygens (including phenoxy) is 2. The molecule has 0 aliphatic carbocycles. The summed E-state index contributed by atoms with van der Waals surface area (Å²) in [5, 5.41) is 12.4. The average Bonchev–Trinajstić information content (AvgIpc) is 3.05. The molecule has 4 aromatic rings. The van der Waals surface area contributed by atoms with Gasteiger partial charge in [-0.15, -0.1) is 0 Å². The van der Waals surface area contributed by atoms with Crippen LogP contribution in [0.1, 0.15) is 5.56 Å². The van der Waals surface area contributed by atoms with E-state index in [0.29, 0.717) is 28.5 Å². The van der Waals surface area contributed by atoms with Crippen LogP contribution < -0.4 is 9.47 Å². The van der Waals surface area contributed by atoms with Gasteiger partial charge in [0.05, 0.1) is 18.2 Å². The van der Waals surface area contributed by atoms with Crippen molar-refractivity contribution in [1.29, 1.82) is 0 Å². The molecule has 0 radical (unpaired) electrons. The van der Waals surface area contributed by atoms with Crippen molar-refractivity contribution >= 4 is 16.6 Å². The number of pyridine rings is 2. The first-order valence-corrected chi connectivity index (χ1v) is 8.85. The molecule has 8 nitrogen and oxygen atoms in total. The Morgan fingerprint density at radius 3 is 2.69 bits per heavy atom. The molecule has 0 saturated carbocycles. The van der Waals surface area contributed by atoms with E-state index in [9.17, 15) is 10.1 Å². The van der Waals surface area contributed by atoms with Crippen molar-refractivity contribution in [3.05, 3.63) is 70.8 Å². The largest absolute Gasteiger partial charge is 0.479 e. The smallest absolute Gasteiger partial charge is 0.273 e. The van der Waals surface area contributed by atoms with Gasteiger partial charge in [-0.1, -0.05) is 0 Å². The van der Waals surface area contributed by atoms with Gasteiger partial charge in [0.1, 0.15) is 17.0 Å². The van der Waals surface area contributed by atoms with Crippen molar-refractivity contribution < 1.29 is 14.4 Å². The molecule has 3 aromatic heterocycles. The first-order chi connectivity index (χ1) is 14.0. The average molecular weight is 390 g/mol. The molecular weight excluding hydrogens is 372 g/mol. The van der Waals surface area contributed by atoms with Crippen LogP contribution in [0, 0.1) is 17.0 Å². The van der Waals surface area contributed by atoms with Crippen LogP contribution in [0.25, 0.3) is 22.0 Å². The number of nitro groups is 1. The minimum Gasteiger partial charge on any atom is -0.479 e. The summed E-state index contributed by atoms with van der Waals surface area (Å²) in [5.41, 5.74) is 2.71. The quantitative estimate of drug-likeness (QED) is 0.364. The summed E-state index contributed by atoms with van der Waals surface area (Å²) < 4.78 is 13.3. The molecule has 0 amide bonds. The normalized spacial score (nSPS) is 10.9. The summed E-state index contributed by atoms with van der Waals surface area (Å²) in [6.07, 6.45) is 6.78. The second-order valence-corrected chi connectivity index (χ2v) is 6.55. The first kappa shape index (κ1) is 18.4. The van der Waals surface area contributed by atoms with Crippen molar-refractivity contribution in [1.82, 2.24) is 14.5 Å². The molecule has 0 saturated heterocycles. The van der Waals surface area contributed by atoms with Crippen LogP contribution in [-0.2, 0) is 7.05 Å². The van der Waals surface area contributed by atoms with E-state index >= 15 is 0 Å². The van der Waals surface area contributed by atoms with Gasteiger partial charge in [0.25, 0.3) is 5.69 Å². The fourth-order valence-corrected chi connectivity index (χ4v) is 3.38. The lowest BCUT2D eigenvalue weighted by molar-refractivity contribution is -0.385. The summed E-state index contributed by atoms with van der Waals surface area (Å²) >= 11 is 0. The number of fused-ring (bicyclic) bond motifs is 1. The summed E-state index contributed by atoms with van der Waals surface area (Å²) in [5.74, 6) is 1.53. The second kappa shape index (κ2) is 7.23. The van der Waals surface area contributed by atoms with Gasteiger partial charge in [-0.05, 0) is 31.2 Å². The molecule has 146 valence electrons.